The fourth-order valence-corrected chi connectivity index (χ4v) is 7.75. The molecule has 2 aliphatic heterocycles. The van der Waals surface area contributed by atoms with Gasteiger partial charge in [0.2, 0.25) is 5.91 Å². The van der Waals surface area contributed by atoms with Crippen molar-refractivity contribution in [2.24, 2.45) is 5.73 Å². The highest BCUT2D eigenvalue weighted by atomic mass is 35.5. The molecule has 2 aliphatic rings. The predicted octanol–water partition coefficient (Wildman–Crippen LogP) is 7.93. The van der Waals surface area contributed by atoms with E-state index < -0.39 is 23.6 Å². The lowest BCUT2D eigenvalue weighted by molar-refractivity contribution is -0.274. The second kappa shape index (κ2) is 17.2. The number of hydrogen-bond donors (Lipinski definition) is 2. The molecular weight excluding hydrogens is 768 g/mol. The number of carbonyl (C=O) groups is 2. The largest absolute Gasteiger partial charge is 0.573 e. The molecule has 0 bridgehead atoms. The number of nitrogens with zero attached hydrogens (tertiary/aromatic N) is 4. The van der Waals surface area contributed by atoms with Gasteiger partial charge in [0, 0.05) is 91.8 Å². The van der Waals surface area contributed by atoms with Crippen LogP contribution in [0.5, 0.6) is 5.75 Å². The number of benzene rings is 3. The van der Waals surface area contributed by atoms with Crippen LogP contribution < -0.4 is 15.8 Å². The minimum Gasteiger partial charge on any atom is -0.444 e. The molecular formula is C41H49Cl2F3N6O4. The molecule has 0 atom stereocenters. The van der Waals surface area contributed by atoms with Crippen molar-refractivity contribution in [2.45, 2.75) is 77.0 Å². The molecule has 3 aromatic carbocycles. The maximum absolute atomic E-state index is 13.2. The summed E-state index contributed by atoms with van der Waals surface area (Å²) in [4.78, 5) is 32.0. The zero-order chi connectivity index (χ0) is 40.3. The molecule has 6 rings (SSSR count). The number of likely N-dealkylation sites (tertiary alicyclic amines) is 1. The molecule has 1 aromatic heterocycles. The minimum absolute atomic E-state index is 0.247. The number of fused-ring (bicyclic) bond motifs is 1. The van der Waals surface area contributed by atoms with Gasteiger partial charge in [-0.1, -0.05) is 41.4 Å². The summed E-state index contributed by atoms with van der Waals surface area (Å²) in [6.45, 7) is 11.4. The van der Waals surface area contributed by atoms with E-state index >= 15 is 0 Å². The number of piperazine rings is 1. The number of rotatable bonds is 11. The van der Waals surface area contributed by atoms with Crippen LogP contribution in [0.4, 0.5) is 18.0 Å². The Hall–Kier alpha value is -4.01. The molecule has 0 aliphatic carbocycles. The van der Waals surface area contributed by atoms with Crippen LogP contribution in [0.15, 0.2) is 66.9 Å². The van der Waals surface area contributed by atoms with Gasteiger partial charge in [0.05, 0.1) is 11.1 Å². The van der Waals surface area contributed by atoms with Gasteiger partial charge in [0.15, 0.2) is 0 Å². The Morgan fingerprint density at radius 2 is 1.50 bits per heavy atom. The van der Waals surface area contributed by atoms with E-state index in [9.17, 15) is 22.8 Å². The highest BCUT2D eigenvalue weighted by Crippen LogP contribution is 2.31. The quantitative estimate of drug-likeness (QED) is 0.148. The lowest BCUT2D eigenvalue weighted by Gasteiger charge is -2.38. The maximum atomic E-state index is 13.2. The van der Waals surface area contributed by atoms with E-state index in [1.807, 2.05) is 49.7 Å². The van der Waals surface area contributed by atoms with Crippen LogP contribution in [0.25, 0.3) is 16.6 Å². The predicted molar refractivity (Wildman–Crippen MR) is 212 cm³/mol. The Labute approximate surface area is 335 Å². The van der Waals surface area contributed by atoms with Gasteiger partial charge in [0.25, 0.3) is 0 Å². The van der Waals surface area contributed by atoms with Crippen LogP contribution in [0, 0.1) is 0 Å². The molecule has 2 fully saturated rings. The summed E-state index contributed by atoms with van der Waals surface area (Å²) in [5.41, 5.74) is 9.54. The summed E-state index contributed by atoms with van der Waals surface area (Å²) in [6, 6.07) is 17.8. The van der Waals surface area contributed by atoms with Gasteiger partial charge in [-0.05, 0) is 100 Å². The van der Waals surface area contributed by atoms with E-state index in [1.165, 1.54) is 12.1 Å². The highest BCUT2D eigenvalue weighted by molar-refractivity contribution is 6.36. The number of aryl methyl sites for hydroxylation is 1. The van der Waals surface area contributed by atoms with Gasteiger partial charge < -0.3 is 30.0 Å². The summed E-state index contributed by atoms with van der Waals surface area (Å²) >= 11 is 12.8. The van der Waals surface area contributed by atoms with Crippen molar-refractivity contribution in [3.8, 4) is 11.4 Å². The lowest BCUT2D eigenvalue weighted by atomic mass is 9.87. The number of alkyl halides is 3. The molecule has 302 valence electrons. The molecule has 0 spiro atoms. The third-order valence-electron chi connectivity index (χ3n) is 10.3. The topological polar surface area (TPSA) is 105 Å². The fourth-order valence-electron chi connectivity index (χ4n) is 7.23. The van der Waals surface area contributed by atoms with Crippen molar-refractivity contribution < 1.29 is 32.2 Å². The summed E-state index contributed by atoms with van der Waals surface area (Å²) in [7, 11) is 0. The number of nitrogens with one attached hydrogen (secondary N) is 1. The molecule has 3 heterocycles. The van der Waals surface area contributed by atoms with Crippen LogP contribution in [0.3, 0.4) is 0 Å². The van der Waals surface area contributed by atoms with Crippen LogP contribution >= 0.6 is 23.2 Å². The first-order chi connectivity index (χ1) is 26.5. The van der Waals surface area contributed by atoms with Gasteiger partial charge in [-0.15, -0.1) is 13.2 Å². The first-order valence-electron chi connectivity index (χ1n) is 18.9. The van der Waals surface area contributed by atoms with Crippen molar-refractivity contribution in [3.63, 3.8) is 0 Å². The van der Waals surface area contributed by atoms with E-state index in [0.717, 1.165) is 60.3 Å². The lowest BCUT2D eigenvalue weighted by Crippen LogP contribution is -2.60. The first-order valence-corrected chi connectivity index (χ1v) is 19.6. The molecule has 0 unspecified atom stereocenters. The maximum Gasteiger partial charge on any atom is 0.573 e. The smallest absolute Gasteiger partial charge is 0.444 e. The van der Waals surface area contributed by atoms with Crippen molar-refractivity contribution in [3.05, 3.63) is 93.6 Å². The van der Waals surface area contributed by atoms with Gasteiger partial charge in [-0.2, -0.15) is 0 Å². The normalized spacial score (nSPS) is 16.9. The first kappa shape index (κ1) is 41.6. The second-order valence-electron chi connectivity index (χ2n) is 15.7. The summed E-state index contributed by atoms with van der Waals surface area (Å²) in [5.74, 6) is -0.540. The number of halogens is 5. The minimum atomic E-state index is -4.78. The third-order valence-corrected chi connectivity index (χ3v) is 11.0. The monoisotopic (exact) mass is 816 g/mol. The average Bonchev–Trinajstić information content (AvgIpc) is 3.49. The van der Waals surface area contributed by atoms with Crippen LogP contribution in [-0.4, -0.2) is 94.6 Å². The molecule has 10 nitrogen and oxygen atoms in total. The van der Waals surface area contributed by atoms with Crippen LogP contribution in [0.1, 0.15) is 56.7 Å². The van der Waals surface area contributed by atoms with E-state index in [1.54, 1.807) is 17.0 Å². The Morgan fingerprint density at radius 1 is 0.875 bits per heavy atom. The van der Waals surface area contributed by atoms with Crippen molar-refractivity contribution in [1.29, 1.82) is 0 Å². The van der Waals surface area contributed by atoms with Crippen molar-refractivity contribution in [1.82, 2.24) is 24.6 Å². The molecule has 0 radical (unpaired) electrons. The molecule has 15 heteroatoms. The third kappa shape index (κ3) is 10.7. The Bertz CT molecular complexity index is 1980. The van der Waals surface area contributed by atoms with Crippen LogP contribution in [0.2, 0.25) is 10.0 Å². The molecule has 2 amide bonds. The number of aromatic nitrogens is 1. The Balaban J connectivity index is 1.10. The molecule has 3 N–H and O–H groups in total. The number of amides is 2. The molecule has 56 heavy (non-hydrogen) atoms. The molecule has 0 saturated carbocycles. The summed E-state index contributed by atoms with van der Waals surface area (Å²) in [6.07, 6.45) is -1.26. The molecule has 4 aromatic rings. The van der Waals surface area contributed by atoms with E-state index in [2.05, 4.69) is 38.1 Å². The zero-order valence-corrected chi connectivity index (χ0v) is 33.4. The van der Waals surface area contributed by atoms with Gasteiger partial charge in [0.1, 0.15) is 11.4 Å². The number of nitrogens with two attached hydrogens (primary N) is 1. The fraction of sp³-hybridized carbons (Fsp3) is 0.463. The number of carbonyl (C=O) groups excluding carboxylic acids is 2. The highest BCUT2D eigenvalue weighted by Gasteiger charge is 2.39. The standard InChI is InChI=1S/C41H49Cl2F3N6O4/c1-39(2,3)56-38(54)51-18-15-40(47,16-19-51)37(53)48-17-5-6-29-26-52(30-10-12-31(13-11-30)55-41(44,45)46)36-24-28(9-14-32(29)36)25-49-20-22-50(23-21-49)27-33-34(42)7-4-8-35(33)43/h4,7-14,24,26H,5-6,15-23,25,27,47H2,1-3H3,(H,48,53). The van der Waals surface area contributed by atoms with E-state index in [0.29, 0.717) is 67.6 Å². The number of ether oxygens (including phenoxy) is 2. The van der Waals surface area contributed by atoms with Crippen molar-refractivity contribution >= 4 is 46.1 Å². The second-order valence-corrected chi connectivity index (χ2v) is 16.5. The van der Waals surface area contributed by atoms with E-state index in [4.69, 9.17) is 33.7 Å². The summed E-state index contributed by atoms with van der Waals surface area (Å²) < 4.78 is 50.2. The number of hydrogen-bond acceptors (Lipinski definition) is 7. The SMILES string of the molecule is CC(C)(C)OC(=O)N1CCC(N)(C(=O)NCCCc2cn(-c3ccc(OC(F)(F)F)cc3)c3cc(CN4CCN(Cc5c(Cl)cccc5Cl)CC4)ccc23)CC1. The number of piperidine rings is 1. The molecule has 2 saturated heterocycles. The van der Waals surface area contributed by atoms with Gasteiger partial charge in [-0.3, -0.25) is 14.6 Å². The Kier molecular flexibility index (Phi) is 12.8. The van der Waals surface area contributed by atoms with Gasteiger partial charge >= 0.3 is 12.5 Å². The average molecular weight is 818 g/mol. The Morgan fingerprint density at radius 3 is 2.11 bits per heavy atom. The van der Waals surface area contributed by atoms with E-state index in [-0.39, 0.29) is 11.7 Å². The zero-order valence-electron chi connectivity index (χ0n) is 31.9. The van der Waals surface area contributed by atoms with Crippen LogP contribution in [-0.2, 0) is 29.0 Å². The van der Waals surface area contributed by atoms with Crippen molar-refractivity contribution in [2.75, 3.05) is 45.8 Å². The summed E-state index contributed by atoms with van der Waals surface area (Å²) in [5, 5.41) is 5.35. The van der Waals surface area contributed by atoms with Gasteiger partial charge in [-0.25, -0.2) is 4.79 Å².